The lowest BCUT2D eigenvalue weighted by Gasteiger charge is -2.13. The normalized spacial score (nSPS) is 9.90. The van der Waals surface area contributed by atoms with Crippen LogP contribution in [-0.4, -0.2) is 7.11 Å². The van der Waals surface area contributed by atoms with Crippen LogP contribution < -0.4 is 9.47 Å². The number of benzene rings is 2. The molecule has 0 radical (unpaired) electrons. The van der Waals surface area contributed by atoms with Gasteiger partial charge >= 0.3 is 0 Å². The minimum atomic E-state index is 0.477. The molecule has 0 aliphatic rings. The molecule has 0 saturated heterocycles. The fraction of sp³-hybridized carbons (Fsp3) is 0.235. The first-order valence-electron chi connectivity index (χ1n) is 6.41. The van der Waals surface area contributed by atoms with Crippen molar-refractivity contribution in [2.75, 3.05) is 7.11 Å². The first-order chi connectivity index (χ1) is 9.63. The maximum absolute atomic E-state index is 8.94. The Hall–Kier alpha value is -2.47. The molecule has 0 saturated carbocycles. The standard InChI is InChI=1S/C17H17NO2/c1-12-7-15(10-18)8-13(2)17(12)20-11-14-5-4-6-16(9-14)19-3/h4-9H,11H2,1-3H3. The van der Waals surface area contributed by atoms with Crippen LogP contribution in [0.5, 0.6) is 11.5 Å². The second-order valence-corrected chi connectivity index (χ2v) is 4.69. The van der Waals surface area contributed by atoms with Gasteiger partial charge in [0.2, 0.25) is 0 Å². The van der Waals surface area contributed by atoms with Gasteiger partial charge < -0.3 is 9.47 Å². The van der Waals surface area contributed by atoms with E-state index < -0.39 is 0 Å². The molecule has 3 nitrogen and oxygen atoms in total. The molecule has 0 spiro atoms. The first kappa shape index (κ1) is 14.0. The summed E-state index contributed by atoms with van der Waals surface area (Å²) in [5.74, 6) is 1.66. The Kier molecular flexibility index (Phi) is 4.27. The van der Waals surface area contributed by atoms with E-state index >= 15 is 0 Å². The Balaban J connectivity index is 2.17. The third-order valence-corrected chi connectivity index (χ3v) is 3.11. The first-order valence-corrected chi connectivity index (χ1v) is 6.41. The van der Waals surface area contributed by atoms with Crippen LogP contribution in [0.2, 0.25) is 0 Å². The predicted octanol–water partition coefficient (Wildman–Crippen LogP) is 3.76. The van der Waals surface area contributed by atoms with Gasteiger partial charge in [0.05, 0.1) is 18.7 Å². The zero-order chi connectivity index (χ0) is 14.5. The molecular formula is C17H17NO2. The molecular weight excluding hydrogens is 250 g/mol. The molecule has 0 aliphatic heterocycles. The smallest absolute Gasteiger partial charge is 0.125 e. The van der Waals surface area contributed by atoms with Gasteiger partial charge in [0.15, 0.2) is 0 Å². The van der Waals surface area contributed by atoms with Crippen LogP contribution in [0.1, 0.15) is 22.3 Å². The highest BCUT2D eigenvalue weighted by atomic mass is 16.5. The van der Waals surface area contributed by atoms with E-state index in [1.54, 1.807) is 7.11 Å². The summed E-state index contributed by atoms with van der Waals surface area (Å²) in [4.78, 5) is 0. The van der Waals surface area contributed by atoms with E-state index in [2.05, 4.69) is 6.07 Å². The van der Waals surface area contributed by atoms with Crippen LogP contribution in [0.25, 0.3) is 0 Å². The van der Waals surface area contributed by atoms with E-state index in [0.29, 0.717) is 12.2 Å². The van der Waals surface area contributed by atoms with Gasteiger partial charge in [-0.15, -0.1) is 0 Å². The third-order valence-electron chi connectivity index (χ3n) is 3.11. The summed E-state index contributed by atoms with van der Waals surface area (Å²) < 4.78 is 11.1. The van der Waals surface area contributed by atoms with Gasteiger partial charge in [0.1, 0.15) is 18.1 Å². The van der Waals surface area contributed by atoms with Crippen LogP contribution in [0, 0.1) is 25.2 Å². The number of aryl methyl sites for hydroxylation is 2. The van der Waals surface area contributed by atoms with Crippen molar-refractivity contribution in [3.8, 4) is 17.6 Å². The third kappa shape index (κ3) is 3.10. The molecule has 0 unspecified atom stereocenters. The van der Waals surface area contributed by atoms with E-state index in [1.807, 2.05) is 50.2 Å². The van der Waals surface area contributed by atoms with Crippen molar-refractivity contribution >= 4 is 0 Å². The van der Waals surface area contributed by atoms with Crippen LogP contribution in [0.15, 0.2) is 36.4 Å². The van der Waals surface area contributed by atoms with Crippen molar-refractivity contribution < 1.29 is 9.47 Å². The highest BCUT2D eigenvalue weighted by Crippen LogP contribution is 2.26. The molecule has 0 aromatic heterocycles. The molecule has 102 valence electrons. The van der Waals surface area contributed by atoms with Gasteiger partial charge in [-0.25, -0.2) is 0 Å². The Morgan fingerprint density at radius 1 is 1.10 bits per heavy atom. The van der Waals surface area contributed by atoms with Crippen LogP contribution >= 0.6 is 0 Å². The number of methoxy groups -OCH3 is 1. The number of nitriles is 1. The predicted molar refractivity (Wildman–Crippen MR) is 78.0 cm³/mol. The second-order valence-electron chi connectivity index (χ2n) is 4.69. The SMILES string of the molecule is COc1cccc(COc2c(C)cc(C#N)cc2C)c1. The second kappa shape index (κ2) is 6.12. The lowest BCUT2D eigenvalue weighted by molar-refractivity contribution is 0.301. The summed E-state index contributed by atoms with van der Waals surface area (Å²) >= 11 is 0. The largest absolute Gasteiger partial charge is 0.497 e. The summed E-state index contributed by atoms with van der Waals surface area (Å²) in [6.45, 7) is 4.38. The number of nitrogens with zero attached hydrogens (tertiary/aromatic N) is 1. The van der Waals surface area contributed by atoms with Crippen molar-refractivity contribution in [1.82, 2.24) is 0 Å². The summed E-state index contributed by atoms with van der Waals surface area (Å²) in [5.41, 5.74) is 3.66. The van der Waals surface area contributed by atoms with Crippen molar-refractivity contribution in [3.63, 3.8) is 0 Å². The van der Waals surface area contributed by atoms with Gasteiger partial charge in [-0.05, 0) is 54.8 Å². The average Bonchev–Trinajstić information content (AvgIpc) is 2.46. The highest BCUT2D eigenvalue weighted by molar-refractivity contribution is 5.47. The number of rotatable bonds is 4. The summed E-state index contributed by atoms with van der Waals surface area (Å²) in [6.07, 6.45) is 0. The monoisotopic (exact) mass is 267 g/mol. The fourth-order valence-corrected chi connectivity index (χ4v) is 2.16. The fourth-order valence-electron chi connectivity index (χ4n) is 2.16. The van der Waals surface area contributed by atoms with Gasteiger partial charge in [0, 0.05) is 0 Å². The summed E-state index contributed by atoms with van der Waals surface area (Å²) in [5, 5.41) is 8.94. The molecule has 3 heteroatoms. The Morgan fingerprint density at radius 2 is 1.80 bits per heavy atom. The van der Waals surface area contributed by atoms with Crippen molar-refractivity contribution in [2.24, 2.45) is 0 Å². The Labute approximate surface area is 119 Å². The van der Waals surface area contributed by atoms with Crippen LogP contribution in [0.4, 0.5) is 0 Å². The molecule has 0 aliphatic carbocycles. The van der Waals surface area contributed by atoms with Crippen molar-refractivity contribution in [3.05, 3.63) is 58.7 Å². The maximum Gasteiger partial charge on any atom is 0.125 e. The molecule has 2 aromatic carbocycles. The molecule has 0 N–H and O–H groups in total. The number of ether oxygens (including phenoxy) is 2. The van der Waals surface area contributed by atoms with E-state index in [1.165, 1.54) is 0 Å². The molecule has 0 atom stereocenters. The maximum atomic E-state index is 8.94. The Bertz CT molecular complexity index is 633. The molecule has 0 bridgehead atoms. The molecule has 0 heterocycles. The number of hydrogen-bond acceptors (Lipinski definition) is 3. The molecule has 2 rings (SSSR count). The highest BCUT2D eigenvalue weighted by Gasteiger charge is 2.07. The van der Waals surface area contributed by atoms with Crippen LogP contribution in [-0.2, 0) is 6.61 Å². The lowest BCUT2D eigenvalue weighted by atomic mass is 10.1. The van der Waals surface area contributed by atoms with Crippen molar-refractivity contribution in [1.29, 1.82) is 5.26 Å². The van der Waals surface area contributed by atoms with E-state index in [-0.39, 0.29) is 0 Å². The van der Waals surface area contributed by atoms with Gasteiger partial charge in [-0.1, -0.05) is 12.1 Å². The van der Waals surface area contributed by atoms with E-state index in [4.69, 9.17) is 14.7 Å². The van der Waals surface area contributed by atoms with Crippen molar-refractivity contribution in [2.45, 2.75) is 20.5 Å². The topological polar surface area (TPSA) is 42.2 Å². The van der Waals surface area contributed by atoms with Gasteiger partial charge in [0.25, 0.3) is 0 Å². The Morgan fingerprint density at radius 3 is 2.40 bits per heavy atom. The summed E-state index contributed by atoms with van der Waals surface area (Å²) in [6, 6.07) is 13.6. The minimum absolute atomic E-state index is 0.477. The number of hydrogen-bond donors (Lipinski definition) is 0. The molecule has 0 amide bonds. The van der Waals surface area contributed by atoms with Gasteiger partial charge in [-0.2, -0.15) is 5.26 Å². The zero-order valence-electron chi connectivity index (χ0n) is 11.9. The minimum Gasteiger partial charge on any atom is -0.497 e. The van der Waals surface area contributed by atoms with E-state index in [9.17, 15) is 0 Å². The molecule has 20 heavy (non-hydrogen) atoms. The zero-order valence-corrected chi connectivity index (χ0v) is 11.9. The van der Waals surface area contributed by atoms with Gasteiger partial charge in [-0.3, -0.25) is 0 Å². The molecule has 2 aromatic rings. The molecule has 0 fully saturated rings. The summed E-state index contributed by atoms with van der Waals surface area (Å²) in [7, 11) is 1.65. The van der Waals surface area contributed by atoms with Crippen LogP contribution in [0.3, 0.4) is 0 Å². The lowest BCUT2D eigenvalue weighted by Crippen LogP contribution is -2.00. The van der Waals surface area contributed by atoms with E-state index in [0.717, 1.165) is 28.2 Å². The average molecular weight is 267 g/mol. The quantitative estimate of drug-likeness (QED) is 0.847.